The fourth-order valence-corrected chi connectivity index (χ4v) is 6.13. The van der Waals surface area contributed by atoms with E-state index in [4.69, 9.17) is 14.2 Å². The molecule has 2 aliphatic rings. The Kier molecular flexibility index (Phi) is 9.20. The van der Waals surface area contributed by atoms with Crippen LogP contribution in [0, 0.1) is 6.92 Å². The molecule has 1 N–H and O–H groups in total. The lowest BCUT2D eigenvalue weighted by molar-refractivity contribution is -0.137. The summed E-state index contributed by atoms with van der Waals surface area (Å²) in [4.78, 5) is 48.4. The molecule has 4 bridgehead atoms. The van der Waals surface area contributed by atoms with Gasteiger partial charge < -0.3 is 33.7 Å². The maximum atomic E-state index is 13.6. The predicted octanol–water partition coefficient (Wildman–Crippen LogP) is 4.15. The molecule has 46 heavy (non-hydrogen) atoms. The van der Waals surface area contributed by atoms with Crippen molar-refractivity contribution in [2.45, 2.75) is 51.9 Å². The van der Waals surface area contributed by atoms with Gasteiger partial charge in [-0.15, -0.1) is 0 Å². The zero-order chi connectivity index (χ0) is 32.2. The molecule has 0 saturated carbocycles. The van der Waals surface area contributed by atoms with Gasteiger partial charge in [0.2, 0.25) is 11.8 Å². The van der Waals surface area contributed by atoms with Crippen molar-refractivity contribution in [3.63, 3.8) is 0 Å². The van der Waals surface area contributed by atoms with Crippen molar-refractivity contribution in [3.05, 3.63) is 89.4 Å². The van der Waals surface area contributed by atoms with Gasteiger partial charge in [-0.25, -0.2) is 4.98 Å². The van der Waals surface area contributed by atoms with Crippen molar-refractivity contribution < 1.29 is 28.6 Å². The van der Waals surface area contributed by atoms with Crippen LogP contribution in [-0.4, -0.2) is 82.3 Å². The first-order valence-electron chi connectivity index (χ1n) is 15.7. The molecule has 4 aromatic rings. The number of aryl methyl sites for hydroxylation is 1. The lowest BCUT2D eigenvalue weighted by Gasteiger charge is -2.39. The Morgan fingerprint density at radius 2 is 2.00 bits per heavy atom. The third-order valence-electron chi connectivity index (χ3n) is 8.51. The minimum Gasteiger partial charge on any atom is -0.493 e. The number of nitrogens with one attached hydrogen (secondary N) is 1. The van der Waals surface area contributed by atoms with Crippen molar-refractivity contribution >= 4 is 23.4 Å². The topological polar surface area (TPSA) is 115 Å². The number of fused-ring (bicyclic) bond motifs is 6. The van der Waals surface area contributed by atoms with Gasteiger partial charge in [-0.1, -0.05) is 25.1 Å². The maximum Gasteiger partial charge on any atom is 0.254 e. The number of hydrogen-bond acceptors (Lipinski definition) is 7. The molecule has 0 radical (unpaired) electrons. The molecule has 1 saturated heterocycles. The minimum atomic E-state index is -0.466. The Morgan fingerprint density at radius 1 is 1.13 bits per heavy atom. The molecule has 0 aliphatic carbocycles. The number of pyridine rings is 1. The van der Waals surface area contributed by atoms with Crippen LogP contribution in [0.3, 0.4) is 0 Å². The van der Waals surface area contributed by atoms with Crippen LogP contribution in [0.15, 0.2) is 67.0 Å². The van der Waals surface area contributed by atoms with Crippen molar-refractivity contribution in [1.29, 1.82) is 0 Å². The van der Waals surface area contributed by atoms with Crippen LogP contribution in [-0.2, 0) is 27.4 Å². The van der Waals surface area contributed by atoms with E-state index in [2.05, 4.69) is 10.3 Å². The molecule has 11 nitrogen and oxygen atoms in total. The van der Waals surface area contributed by atoms with Crippen molar-refractivity contribution in [3.8, 4) is 17.2 Å². The number of nitrogens with zero attached hydrogens (tertiary/aromatic N) is 4. The number of ether oxygens (including phenoxy) is 3. The van der Waals surface area contributed by atoms with Gasteiger partial charge >= 0.3 is 0 Å². The van der Waals surface area contributed by atoms with E-state index in [1.54, 1.807) is 41.3 Å². The molecule has 11 heteroatoms. The largest absolute Gasteiger partial charge is 0.493 e. The normalized spacial score (nSPS) is 18.9. The summed E-state index contributed by atoms with van der Waals surface area (Å²) < 4.78 is 20.1. The second-order valence-electron chi connectivity index (χ2n) is 11.8. The smallest absolute Gasteiger partial charge is 0.254 e. The van der Waals surface area contributed by atoms with Crippen LogP contribution < -0.4 is 14.8 Å². The van der Waals surface area contributed by atoms with E-state index in [-0.39, 0.29) is 43.3 Å². The molecule has 2 aliphatic heterocycles. The van der Waals surface area contributed by atoms with E-state index in [1.165, 1.54) is 0 Å². The number of piperidine rings is 1. The summed E-state index contributed by atoms with van der Waals surface area (Å²) >= 11 is 0. The van der Waals surface area contributed by atoms with Gasteiger partial charge in [0.1, 0.15) is 11.4 Å². The second-order valence-corrected chi connectivity index (χ2v) is 11.8. The first kappa shape index (κ1) is 31.1. The Balaban J connectivity index is 1.26. The third kappa shape index (κ3) is 6.69. The Bertz CT molecular complexity index is 1750. The van der Waals surface area contributed by atoms with E-state index < -0.39 is 6.10 Å². The Labute approximate surface area is 268 Å². The number of carbonyl (C=O) groups is 3. The number of likely N-dealkylation sites (tertiary alicyclic amines) is 1. The van der Waals surface area contributed by atoms with Crippen LogP contribution >= 0.6 is 0 Å². The fraction of sp³-hybridized carbons (Fsp3) is 0.371. The van der Waals surface area contributed by atoms with E-state index in [0.29, 0.717) is 55.3 Å². The highest BCUT2D eigenvalue weighted by molar-refractivity contribution is 5.97. The number of amides is 3. The molecule has 2 aromatic heterocycles. The van der Waals surface area contributed by atoms with E-state index >= 15 is 0 Å². The van der Waals surface area contributed by atoms with Crippen molar-refractivity contribution in [1.82, 2.24) is 24.5 Å². The quantitative estimate of drug-likeness (QED) is 0.354. The highest BCUT2D eigenvalue weighted by atomic mass is 16.5. The highest BCUT2D eigenvalue weighted by Gasteiger charge is 2.34. The van der Waals surface area contributed by atoms with Gasteiger partial charge in [0.25, 0.3) is 5.91 Å². The second kappa shape index (κ2) is 13.6. The molecule has 240 valence electrons. The number of carbonyl (C=O) groups excluding carboxylic acids is 3. The third-order valence-corrected chi connectivity index (χ3v) is 8.51. The van der Waals surface area contributed by atoms with Crippen LogP contribution in [0.5, 0.6) is 17.2 Å². The molecule has 3 amide bonds. The zero-order valence-corrected chi connectivity index (χ0v) is 26.4. The number of rotatable bonds is 5. The van der Waals surface area contributed by atoms with Gasteiger partial charge in [0, 0.05) is 37.6 Å². The van der Waals surface area contributed by atoms with Gasteiger partial charge in [-0.05, 0) is 67.3 Å². The van der Waals surface area contributed by atoms with Crippen molar-refractivity contribution in [2.24, 2.45) is 0 Å². The molecular weight excluding hydrogens is 586 g/mol. The summed E-state index contributed by atoms with van der Waals surface area (Å²) in [7, 11) is 1.54. The fourth-order valence-electron chi connectivity index (χ4n) is 6.13. The SMILES string of the molecule is CCCN1CC(=O)N[C@H]2CCN(C(=O)Cc3cnc4c(C)cccn34)C[C@@H]2OCc2cccc(c2)Oc2cc(ccc2OC)C1=O. The van der Waals surface area contributed by atoms with Gasteiger partial charge in [0.05, 0.1) is 44.5 Å². The van der Waals surface area contributed by atoms with E-state index in [9.17, 15) is 14.4 Å². The molecule has 0 spiro atoms. The van der Waals surface area contributed by atoms with Gasteiger partial charge in [-0.2, -0.15) is 0 Å². The number of hydrogen-bond donors (Lipinski definition) is 1. The first-order valence-corrected chi connectivity index (χ1v) is 15.7. The summed E-state index contributed by atoms with van der Waals surface area (Å²) in [6, 6.07) is 16.1. The Morgan fingerprint density at radius 3 is 2.83 bits per heavy atom. The average molecular weight is 626 g/mol. The molecule has 4 heterocycles. The number of aromatic nitrogens is 2. The van der Waals surface area contributed by atoms with Crippen LogP contribution in [0.4, 0.5) is 0 Å². The van der Waals surface area contributed by atoms with Crippen LogP contribution in [0.1, 0.15) is 46.9 Å². The molecule has 1 fully saturated rings. The molecule has 2 aromatic carbocycles. The molecule has 2 atom stereocenters. The molecule has 6 rings (SSSR count). The summed E-state index contributed by atoms with van der Waals surface area (Å²) in [6.45, 7) is 5.29. The summed E-state index contributed by atoms with van der Waals surface area (Å²) in [5, 5.41) is 3.12. The first-order chi connectivity index (χ1) is 22.3. The minimum absolute atomic E-state index is 0.0333. The molecule has 0 unspecified atom stereocenters. The number of imidazole rings is 1. The summed E-state index contributed by atoms with van der Waals surface area (Å²) in [5.74, 6) is 0.848. The van der Waals surface area contributed by atoms with Gasteiger partial charge in [0.15, 0.2) is 11.5 Å². The van der Waals surface area contributed by atoms with Gasteiger partial charge in [-0.3, -0.25) is 14.4 Å². The lowest BCUT2D eigenvalue weighted by Crippen LogP contribution is -2.57. The molecular formula is C35H39N5O6. The predicted molar refractivity (Wildman–Crippen MR) is 171 cm³/mol. The maximum absolute atomic E-state index is 13.6. The zero-order valence-electron chi connectivity index (χ0n) is 26.4. The van der Waals surface area contributed by atoms with E-state index in [0.717, 1.165) is 22.5 Å². The monoisotopic (exact) mass is 625 g/mol. The standard InChI is InChI=1S/C35H39N5O6/c1-4-13-39-21-32(41)37-28-12-15-38(33(42)18-26-19-36-34-23(2)7-6-14-40(26)34)20-31(28)45-22-24-8-5-9-27(16-24)46-30-17-25(35(39)43)10-11-29(30)44-3/h5-11,14,16-17,19,28,31H,4,12-13,15,18,20-22H2,1-3H3,(H,37,41)/t28-,31-/m0/s1. The number of methoxy groups -OCH3 is 1. The van der Waals surface area contributed by atoms with Crippen LogP contribution in [0.25, 0.3) is 5.65 Å². The summed E-state index contributed by atoms with van der Waals surface area (Å²) in [5.41, 5.74) is 3.95. The Hall–Kier alpha value is -4.90. The van der Waals surface area contributed by atoms with Crippen LogP contribution in [0.2, 0.25) is 0 Å². The summed E-state index contributed by atoms with van der Waals surface area (Å²) in [6.07, 6.45) is 4.60. The van der Waals surface area contributed by atoms with Crippen molar-refractivity contribution in [2.75, 3.05) is 33.3 Å². The lowest BCUT2D eigenvalue weighted by atomic mass is 10.0. The number of benzene rings is 2. The average Bonchev–Trinajstić information content (AvgIpc) is 3.47. The van der Waals surface area contributed by atoms with E-state index in [1.807, 2.05) is 60.8 Å². The highest BCUT2D eigenvalue weighted by Crippen LogP contribution is 2.33.